The number of thiol groups is 1. The van der Waals surface area contributed by atoms with Gasteiger partial charge in [-0.3, -0.25) is 0 Å². The van der Waals surface area contributed by atoms with Crippen molar-refractivity contribution in [1.29, 1.82) is 0 Å². The Kier molecular flexibility index (Phi) is 3.62. The predicted octanol–water partition coefficient (Wildman–Crippen LogP) is 6.96. The summed E-state index contributed by atoms with van der Waals surface area (Å²) in [5.74, 6) is 0. The minimum Gasteiger partial charge on any atom is -0.142 e. The Morgan fingerprint density at radius 1 is 1.06 bits per heavy atom. The molecular weight excluding hydrogens is 412 g/mol. The molecular formula is C13H8Br2S3. The number of hydrogen-bond donors (Lipinski definition) is 1. The molecule has 0 fully saturated rings. The van der Waals surface area contributed by atoms with Crippen molar-refractivity contribution in [3.63, 3.8) is 0 Å². The van der Waals surface area contributed by atoms with E-state index in [1.807, 2.05) is 6.92 Å². The Bertz CT molecular complexity index is 781. The maximum Gasteiger partial charge on any atom is 0.0711 e. The minimum atomic E-state index is 1.06. The van der Waals surface area contributed by atoms with Gasteiger partial charge >= 0.3 is 0 Å². The highest BCUT2D eigenvalue weighted by Crippen LogP contribution is 2.45. The number of allylic oxidation sites excluding steroid dienone is 1. The fourth-order valence-electron chi connectivity index (χ4n) is 2.04. The molecule has 0 saturated heterocycles. The lowest BCUT2D eigenvalue weighted by molar-refractivity contribution is 1.58. The first kappa shape index (κ1) is 13.2. The standard InChI is InChI=1S/C13H8Br2S3/c1-2-3-6-11(16)7-4-9(14)18-13(7)8-5-10(15)17-12(6)8/h2-5,16H,1H3/b3-2+. The third-order valence-electron chi connectivity index (χ3n) is 2.74. The number of fused-ring (bicyclic) bond motifs is 3. The first-order chi connectivity index (χ1) is 8.61. The van der Waals surface area contributed by atoms with Crippen molar-refractivity contribution in [2.24, 2.45) is 0 Å². The van der Waals surface area contributed by atoms with Crippen molar-refractivity contribution in [3.8, 4) is 0 Å². The average Bonchev–Trinajstić information content (AvgIpc) is 2.87. The SMILES string of the molecule is C/C=C/c1c(S)c2cc(Br)sc2c2cc(Br)sc12. The second-order valence-corrected chi connectivity index (χ2v) is 9.16. The average molecular weight is 420 g/mol. The van der Waals surface area contributed by atoms with Crippen molar-refractivity contribution >= 4 is 93.4 Å². The maximum absolute atomic E-state index is 4.72. The highest BCUT2D eigenvalue weighted by atomic mass is 79.9. The van der Waals surface area contributed by atoms with Gasteiger partial charge in [0.2, 0.25) is 0 Å². The van der Waals surface area contributed by atoms with Crippen molar-refractivity contribution in [2.45, 2.75) is 11.8 Å². The molecule has 5 heteroatoms. The Hall–Kier alpha value is 0.190. The van der Waals surface area contributed by atoms with Gasteiger partial charge in [0.1, 0.15) is 0 Å². The zero-order chi connectivity index (χ0) is 12.9. The van der Waals surface area contributed by atoms with Gasteiger partial charge < -0.3 is 0 Å². The monoisotopic (exact) mass is 418 g/mol. The molecule has 0 bridgehead atoms. The van der Waals surface area contributed by atoms with Gasteiger partial charge in [-0.25, -0.2) is 0 Å². The zero-order valence-electron chi connectivity index (χ0n) is 9.33. The third kappa shape index (κ3) is 2.00. The van der Waals surface area contributed by atoms with E-state index in [2.05, 4.69) is 56.1 Å². The van der Waals surface area contributed by atoms with E-state index in [9.17, 15) is 0 Å². The summed E-state index contributed by atoms with van der Waals surface area (Å²) in [6.45, 7) is 2.04. The molecule has 0 amide bonds. The Morgan fingerprint density at radius 3 is 2.33 bits per heavy atom. The van der Waals surface area contributed by atoms with Crippen LogP contribution in [0.3, 0.4) is 0 Å². The maximum atomic E-state index is 4.72. The molecule has 0 radical (unpaired) electrons. The lowest BCUT2D eigenvalue weighted by atomic mass is 10.1. The van der Waals surface area contributed by atoms with Crippen LogP contribution in [0.4, 0.5) is 0 Å². The van der Waals surface area contributed by atoms with E-state index in [-0.39, 0.29) is 0 Å². The predicted molar refractivity (Wildman–Crippen MR) is 94.6 cm³/mol. The van der Waals surface area contributed by atoms with Crippen LogP contribution in [-0.2, 0) is 0 Å². The molecule has 0 spiro atoms. The summed E-state index contributed by atoms with van der Waals surface area (Å²) in [4.78, 5) is 1.06. The number of rotatable bonds is 1. The highest BCUT2D eigenvalue weighted by Gasteiger charge is 2.15. The number of thiophene rings is 2. The summed E-state index contributed by atoms with van der Waals surface area (Å²) in [6.07, 6.45) is 4.20. The molecule has 0 atom stereocenters. The summed E-state index contributed by atoms with van der Waals surface area (Å²) >= 11 is 15.4. The summed E-state index contributed by atoms with van der Waals surface area (Å²) in [5, 5.41) is 2.53. The lowest BCUT2D eigenvalue weighted by Gasteiger charge is -2.04. The Labute approximate surface area is 135 Å². The smallest absolute Gasteiger partial charge is 0.0711 e. The molecule has 92 valence electrons. The van der Waals surface area contributed by atoms with E-state index < -0.39 is 0 Å². The van der Waals surface area contributed by atoms with E-state index in [0.29, 0.717) is 0 Å². The zero-order valence-corrected chi connectivity index (χ0v) is 15.0. The molecule has 2 heterocycles. The van der Waals surface area contributed by atoms with Gasteiger partial charge in [0.15, 0.2) is 0 Å². The second kappa shape index (κ2) is 4.94. The van der Waals surface area contributed by atoms with Gasteiger partial charge in [0.25, 0.3) is 0 Å². The molecule has 18 heavy (non-hydrogen) atoms. The van der Waals surface area contributed by atoms with Crippen molar-refractivity contribution in [3.05, 3.63) is 31.3 Å². The van der Waals surface area contributed by atoms with Gasteiger partial charge in [-0.1, -0.05) is 12.2 Å². The summed E-state index contributed by atoms with van der Waals surface area (Å²) in [6, 6.07) is 4.35. The molecule has 0 aliphatic rings. The number of hydrogen-bond acceptors (Lipinski definition) is 3. The van der Waals surface area contributed by atoms with Crippen LogP contribution in [0, 0.1) is 0 Å². The van der Waals surface area contributed by atoms with E-state index in [0.717, 1.165) is 12.5 Å². The van der Waals surface area contributed by atoms with Crippen LogP contribution in [-0.4, -0.2) is 0 Å². The fourth-order valence-corrected chi connectivity index (χ4v) is 5.88. The van der Waals surface area contributed by atoms with Gasteiger partial charge in [-0.15, -0.1) is 35.3 Å². The van der Waals surface area contributed by atoms with Gasteiger partial charge in [0, 0.05) is 30.6 Å². The van der Waals surface area contributed by atoms with Crippen LogP contribution in [0.25, 0.3) is 26.2 Å². The number of halogens is 2. The van der Waals surface area contributed by atoms with Gasteiger partial charge in [-0.05, 0) is 50.9 Å². The van der Waals surface area contributed by atoms with Crippen molar-refractivity contribution in [2.75, 3.05) is 0 Å². The normalized spacial score (nSPS) is 12.2. The molecule has 0 aliphatic heterocycles. The van der Waals surface area contributed by atoms with Gasteiger partial charge in [-0.2, -0.15) is 0 Å². The Balaban J connectivity index is 2.60. The molecule has 0 unspecified atom stereocenters. The number of benzene rings is 1. The van der Waals surface area contributed by atoms with Crippen molar-refractivity contribution in [1.82, 2.24) is 0 Å². The van der Waals surface area contributed by atoms with Crippen LogP contribution in [0.2, 0.25) is 0 Å². The third-order valence-corrected chi connectivity index (χ3v) is 6.56. The molecule has 3 rings (SSSR count). The van der Waals surface area contributed by atoms with Crippen LogP contribution in [0.15, 0.2) is 30.7 Å². The topological polar surface area (TPSA) is 0 Å². The fraction of sp³-hybridized carbons (Fsp3) is 0.0769. The molecule has 0 N–H and O–H groups in total. The minimum absolute atomic E-state index is 1.06. The lowest BCUT2D eigenvalue weighted by Crippen LogP contribution is -1.78. The highest BCUT2D eigenvalue weighted by molar-refractivity contribution is 9.11. The molecule has 0 aliphatic carbocycles. The molecule has 1 aromatic carbocycles. The van der Waals surface area contributed by atoms with Crippen LogP contribution in [0.1, 0.15) is 12.5 Å². The van der Waals surface area contributed by atoms with Crippen LogP contribution in [0.5, 0.6) is 0 Å². The quantitative estimate of drug-likeness (QED) is 0.404. The van der Waals surface area contributed by atoms with E-state index in [4.69, 9.17) is 12.6 Å². The molecule has 3 aromatic rings. The van der Waals surface area contributed by atoms with E-state index >= 15 is 0 Å². The van der Waals surface area contributed by atoms with E-state index in [1.54, 1.807) is 22.7 Å². The second-order valence-electron chi connectivity index (χ2n) is 3.85. The molecule has 2 aromatic heterocycles. The summed E-state index contributed by atoms with van der Waals surface area (Å²) < 4.78 is 4.91. The van der Waals surface area contributed by atoms with Gasteiger partial charge in [0.05, 0.1) is 7.57 Å². The summed E-state index contributed by atoms with van der Waals surface area (Å²) in [7, 11) is 0. The van der Waals surface area contributed by atoms with Crippen molar-refractivity contribution < 1.29 is 0 Å². The molecule has 0 nitrogen and oxygen atoms in total. The molecule has 0 saturated carbocycles. The van der Waals surface area contributed by atoms with E-state index in [1.165, 1.54) is 25.7 Å². The van der Waals surface area contributed by atoms with Crippen LogP contribution < -0.4 is 0 Å². The largest absolute Gasteiger partial charge is 0.142 e. The first-order valence-electron chi connectivity index (χ1n) is 5.27. The summed E-state index contributed by atoms with van der Waals surface area (Å²) in [5.41, 5.74) is 1.21. The first-order valence-corrected chi connectivity index (χ1v) is 8.94. The Morgan fingerprint density at radius 2 is 1.67 bits per heavy atom. The van der Waals surface area contributed by atoms with Crippen LogP contribution >= 0.6 is 67.2 Å².